The van der Waals surface area contributed by atoms with E-state index >= 15 is 0 Å². The van der Waals surface area contributed by atoms with E-state index in [1.165, 1.54) is 31.2 Å². The molecule has 0 aliphatic heterocycles. The standard InChI is InChI=1S/C20H20N2/c1-2-3-4-5-6-16-7-9-17(10-8-16)18-11-12-19(14-21)20(13-18)15-22/h7-13H,2-6H2,1H3. The molecule has 0 amide bonds. The Bertz CT molecular complexity index is 700. The van der Waals surface area contributed by atoms with Gasteiger partial charge < -0.3 is 0 Å². The number of aryl methyl sites for hydroxylation is 1. The molecule has 0 spiro atoms. The van der Waals surface area contributed by atoms with Gasteiger partial charge in [0.2, 0.25) is 0 Å². The van der Waals surface area contributed by atoms with E-state index in [0.717, 1.165) is 17.5 Å². The number of hydrogen-bond acceptors (Lipinski definition) is 2. The van der Waals surface area contributed by atoms with E-state index in [1.807, 2.05) is 12.1 Å². The third-order valence-corrected chi connectivity index (χ3v) is 3.87. The van der Waals surface area contributed by atoms with Gasteiger partial charge in [-0.25, -0.2) is 0 Å². The Morgan fingerprint density at radius 3 is 2.09 bits per heavy atom. The van der Waals surface area contributed by atoms with Gasteiger partial charge in [0.1, 0.15) is 12.1 Å². The SMILES string of the molecule is CCCCCCc1ccc(-c2ccc(C#N)c(C#N)c2)cc1. The highest BCUT2D eigenvalue weighted by Gasteiger charge is 2.05. The molecule has 110 valence electrons. The third-order valence-electron chi connectivity index (χ3n) is 3.87. The molecule has 2 aromatic rings. The van der Waals surface area contributed by atoms with Gasteiger partial charge in [-0.1, -0.05) is 56.5 Å². The van der Waals surface area contributed by atoms with Gasteiger partial charge in [0.15, 0.2) is 0 Å². The monoisotopic (exact) mass is 288 g/mol. The summed E-state index contributed by atoms with van der Waals surface area (Å²) in [7, 11) is 0. The lowest BCUT2D eigenvalue weighted by molar-refractivity contribution is 0.667. The van der Waals surface area contributed by atoms with Gasteiger partial charge in [-0.05, 0) is 41.7 Å². The van der Waals surface area contributed by atoms with Crippen molar-refractivity contribution in [1.29, 1.82) is 10.5 Å². The highest BCUT2D eigenvalue weighted by Crippen LogP contribution is 2.23. The Morgan fingerprint density at radius 2 is 1.45 bits per heavy atom. The second-order valence-corrected chi connectivity index (χ2v) is 5.49. The largest absolute Gasteiger partial charge is 0.192 e. The first-order valence-electron chi connectivity index (χ1n) is 7.82. The molecular weight excluding hydrogens is 268 g/mol. The Balaban J connectivity index is 2.11. The molecule has 0 unspecified atom stereocenters. The Kier molecular flexibility index (Phi) is 5.75. The third kappa shape index (κ3) is 3.96. The fourth-order valence-corrected chi connectivity index (χ4v) is 2.53. The molecule has 0 saturated heterocycles. The summed E-state index contributed by atoms with van der Waals surface area (Å²) in [5, 5.41) is 18.1. The quantitative estimate of drug-likeness (QED) is 0.684. The molecular formula is C20H20N2. The lowest BCUT2D eigenvalue weighted by Crippen LogP contribution is -1.88. The first-order valence-corrected chi connectivity index (χ1v) is 7.82. The maximum absolute atomic E-state index is 9.10. The summed E-state index contributed by atoms with van der Waals surface area (Å²) in [6.07, 6.45) is 6.22. The predicted octanol–water partition coefficient (Wildman–Crippen LogP) is 5.22. The molecule has 22 heavy (non-hydrogen) atoms. The lowest BCUT2D eigenvalue weighted by atomic mass is 9.98. The molecule has 0 aliphatic carbocycles. The molecule has 2 rings (SSSR count). The van der Waals surface area contributed by atoms with E-state index in [-0.39, 0.29) is 0 Å². The van der Waals surface area contributed by atoms with Crippen molar-refractivity contribution in [1.82, 2.24) is 0 Å². The van der Waals surface area contributed by atoms with Crippen molar-refractivity contribution in [3.63, 3.8) is 0 Å². The van der Waals surface area contributed by atoms with E-state index in [2.05, 4.69) is 37.3 Å². The van der Waals surface area contributed by atoms with E-state index in [1.54, 1.807) is 12.1 Å². The molecule has 0 bridgehead atoms. The van der Waals surface area contributed by atoms with Crippen molar-refractivity contribution in [3.05, 3.63) is 59.2 Å². The first-order chi connectivity index (χ1) is 10.8. The summed E-state index contributed by atoms with van der Waals surface area (Å²) in [5.74, 6) is 0. The van der Waals surface area contributed by atoms with Crippen LogP contribution in [0.1, 0.15) is 49.3 Å². The average Bonchev–Trinajstić information content (AvgIpc) is 2.58. The first kappa shape index (κ1) is 15.8. The second-order valence-electron chi connectivity index (χ2n) is 5.49. The van der Waals surface area contributed by atoms with Gasteiger partial charge in [-0.2, -0.15) is 10.5 Å². The van der Waals surface area contributed by atoms with Crippen LogP contribution < -0.4 is 0 Å². The molecule has 0 N–H and O–H groups in total. The van der Waals surface area contributed by atoms with Crippen LogP contribution in [0.15, 0.2) is 42.5 Å². The van der Waals surface area contributed by atoms with Crippen LogP contribution in [-0.4, -0.2) is 0 Å². The van der Waals surface area contributed by atoms with Crippen molar-refractivity contribution in [2.45, 2.75) is 39.0 Å². The Labute approximate surface area is 132 Å². The van der Waals surface area contributed by atoms with Crippen molar-refractivity contribution in [3.8, 4) is 23.3 Å². The van der Waals surface area contributed by atoms with Crippen molar-refractivity contribution < 1.29 is 0 Å². The number of hydrogen-bond donors (Lipinski definition) is 0. The van der Waals surface area contributed by atoms with Crippen LogP contribution in [0, 0.1) is 22.7 Å². The van der Waals surface area contributed by atoms with Crippen LogP contribution in [0.5, 0.6) is 0 Å². The second kappa shape index (κ2) is 8.01. The molecule has 0 saturated carbocycles. The van der Waals surface area contributed by atoms with Crippen LogP contribution in [0.3, 0.4) is 0 Å². The Morgan fingerprint density at radius 1 is 0.773 bits per heavy atom. The minimum absolute atomic E-state index is 0.429. The zero-order chi connectivity index (χ0) is 15.8. The van der Waals surface area contributed by atoms with Gasteiger partial charge in [0.25, 0.3) is 0 Å². The number of nitrogens with zero attached hydrogens (tertiary/aromatic N) is 2. The number of unbranched alkanes of at least 4 members (excludes halogenated alkanes) is 3. The highest BCUT2D eigenvalue weighted by atomic mass is 14.3. The molecule has 2 aromatic carbocycles. The average molecular weight is 288 g/mol. The zero-order valence-electron chi connectivity index (χ0n) is 13.0. The summed E-state index contributed by atoms with van der Waals surface area (Å²) in [4.78, 5) is 0. The molecule has 2 heteroatoms. The molecule has 0 fully saturated rings. The highest BCUT2D eigenvalue weighted by molar-refractivity contribution is 5.67. The molecule has 0 atom stereocenters. The van der Waals surface area contributed by atoms with Crippen molar-refractivity contribution >= 4 is 0 Å². The number of rotatable bonds is 6. The van der Waals surface area contributed by atoms with Crippen LogP contribution >= 0.6 is 0 Å². The van der Waals surface area contributed by atoms with Crippen LogP contribution in [0.4, 0.5) is 0 Å². The summed E-state index contributed by atoms with van der Waals surface area (Å²) < 4.78 is 0. The summed E-state index contributed by atoms with van der Waals surface area (Å²) in [6, 6.07) is 18.0. The van der Waals surface area contributed by atoms with E-state index in [0.29, 0.717) is 11.1 Å². The van der Waals surface area contributed by atoms with Gasteiger partial charge in [-0.3, -0.25) is 0 Å². The smallest absolute Gasteiger partial charge is 0.101 e. The zero-order valence-corrected chi connectivity index (χ0v) is 13.0. The maximum Gasteiger partial charge on any atom is 0.101 e. The van der Waals surface area contributed by atoms with Crippen molar-refractivity contribution in [2.75, 3.05) is 0 Å². The fourth-order valence-electron chi connectivity index (χ4n) is 2.53. The van der Waals surface area contributed by atoms with Gasteiger partial charge in [0, 0.05) is 0 Å². The van der Waals surface area contributed by atoms with Gasteiger partial charge >= 0.3 is 0 Å². The summed E-state index contributed by atoms with van der Waals surface area (Å²) in [5.41, 5.74) is 4.28. The van der Waals surface area contributed by atoms with Crippen LogP contribution in [0.25, 0.3) is 11.1 Å². The van der Waals surface area contributed by atoms with Gasteiger partial charge in [-0.15, -0.1) is 0 Å². The lowest BCUT2D eigenvalue weighted by Gasteiger charge is -2.06. The van der Waals surface area contributed by atoms with E-state index in [4.69, 9.17) is 10.5 Å². The topological polar surface area (TPSA) is 47.6 Å². The normalized spacial score (nSPS) is 9.95. The number of nitriles is 2. The van der Waals surface area contributed by atoms with Crippen molar-refractivity contribution in [2.24, 2.45) is 0 Å². The predicted molar refractivity (Wildman–Crippen MR) is 89.2 cm³/mol. The summed E-state index contributed by atoms with van der Waals surface area (Å²) >= 11 is 0. The molecule has 0 aromatic heterocycles. The van der Waals surface area contributed by atoms with Crippen LogP contribution in [-0.2, 0) is 6.42 Å². The van der Waals surface area contributed by atoms with E-state index in [9.17, 15) is 0 Å². The number of benzene rings is 2. The molecule has 2 nitrogen and oxygen atoms in total. The maximum atomic E-state index is 9.10. The minimum atomic E-state index is 0.429. The van der Waals surface area contributed by atoms with Gasteiger partial charge in [0.05, 0.1) is 11.1 Å². The van der Waals surface area contributed by atoms with E-state index < -0.39 is 0 Å². The minimum Gasteiger partial charge on any atom is -0.192 e. The molecule has 0 heterocycles. The fraction of sp³-hybridized carbons (Fsp3) is 0.300. The van der Waals surface area contributed by atoms with Crippen LogP contribution in [0.2, 0.25) is 0 Å². The Hall–Kier alpha value is -2.58. The molecule has 0 radical (unpaired) electrons. The summed E-state index contributed by atoms with van der Waals surface area (Å²) in [6.45, 7) is 2.22. The molecule has 0 aliphatic rings.